The molecule has 2 nitrogen and oxygen atoms in total. The second-order valence-corrected chi connectivity index (χ2v) is 4.76. The minimum atomic E-state index is -1.15. The highest BCUT2D eigenvalue weighted by Crippen LogP contribution is 2.19. The number of Topliss-reactive ketones (excluding diaryl/α,β-unsaturated/α-hetero) is 1. The molecule has 2 heteroatoms. The molecule has 0 atom stereocenters. The van der Waals surface area contributed by atoms with Crippen LogP contribution in [0.3, 0.4) is 0 Å². The van der Waals surface area contributed by atoms with E-state index in [1.54, 1.807) is 0 Å². The Labute approximate surface area is 104 Å². The summed E-state index contributed by atoms with van der Waals surface area (Å²) >= 11 is 0. The lowest BCUT2D eigenvalue weighted by Gasteiger charge is -2.23. The molecule has 0 aromatic heterocycles. The highest BCUT2D eigenvalue weighted by molar-refractivity contribution is 5.88. The lowest BCUT2D eigenvalue weighted by molar-refractivity contribution is -0.137. The first-order valence-corrected chi connectivity index (χ1v) is 6.24. The average Bonchev–Trinajstić information content (AvgIpc) is 2.32. The average molecular weight is 234 g/mol. The standard InChI is InChI=1S/C15H22O2/c1-5-15(17,6-2)14(16)10-13-8-7-11(3)12(4)9-13/h7-9,17H,5-6,10H2,1-4H3. The molecule has 0 saturated carbocycles. The number of benzene rings is 1. The molecule has 0 amide bonds. The number of ketones is 1. The van der Waals surface area contributed by atoms with Crippen LogP contribution in [-0.2, 0) is 11.2 Å². The van der Waals surface area contributed by atoms with Crippen LogP contribution < -0.4 is 0 Å². The third kappa shape index (κ3) is 3.16. The van der Waals surface area contributed by atoms with E-state index in [-0.39, 0.29) is 5.78 Å². The molecule has 0 saturated heterocycles. The van der Waals surface area contributed by atoms with Crippen molar-refractivity contribution in [2.45, 2.75) is 52.6 Å². The van der Waals surface area contributed by atoms with Gasteiger partial charge < -0.3 is 5.11 Å². The van der Waals surface area contributed by atoms with Gasteiger partial charge >= 0.3 is 0 Å². The Morgan fingerprint density at radius 1 is 1.18 bits per heavy atom. The predicted molar refractivity (Wildman–Crippen MR) is 70.2 cm³/mol. The zero-order chi connectivity index (χ0) is 13.1. The fourth-order valence-electron chi connectivity index (χ4n) is 1.91. The van der Waals surface area contributed by atoms with E-state index in [2.05, 4.69) is 6.92 Å². The minimum Gasteiger partial charge on any atom is -0.382 e. The van der Waals surface area contributed by atoms with E-state index in [0.29, 0.717) is 19.3 Å². The smallest absolute Gasteiger partial charge is 0.168 e. The summed E-state index contributed by atoms with van der Waals surface area (Å²) in [6.45, 7) is 7.79. The van der Waals surface area contributed by atoms with E-state index in [1.165, 1.54) is 11.1 Å². The van der Waals surface area contributed by atoms with Crippen molar-refractivity contribution in [1.29, 1.82) is 0 Å². The molecule has 0 heterocycles. The lowest BCUT2D eigenvalue weighted by atomic mass is 9.88. The monoisotopic (exact) mass is 234 g/mol. The van der Waals surface area contributed by atoms with Crippen molar-refractivity contribution in [3.05, 3.63) is 34.9 Å². The first-order chi connectivity index (χ1) is 7.92. The van der Waals surface area contributed by atoms with Gasteiger partial charge in [-0.25, -0.2) is 0 Å². The number of aryl methyl sites for hydroxylation is 2. The minimum absolute atomic E-state index is 0.0780. The van der Waals surface area contributed by atoms with Crippen molar-refractivity contribution in [1.82, 2.24) is 0 Å². The normalized spacial score (nSPS) is 11.6. The highest BCUT2D eigenvalue weighted by atomic mass is 16.3. The van der Waals surface area contributed by atoms with Gasteiger partial charge in [0.05, 0.1) is 0 Å². The Morgan fingerprint density at radius 3 is 2.24 bits per heavy atom. The van der Waals surface area contributed by atoms with E-state index < -0.39 is 5.60 Å². The first-order valence-electron chi connectivity index (χ1n) is 6.24. The van der Waals surface area contributed by atoms with Gasteiger partial charge in [-0.1, -0.05) is 32.0 Å². The van der Waals surface area contributed by atoms with Crippen LogP contribution in [0, 0.1) is 13.8 Å². The maximum absolute atomic E-state index is 12.0. The summed E-state index contributed by atoms with van der Waals surface area (Å²) < 4.78 is 0. The summed E-state index contributed by atoms with van der Waals surface area (Å²) in [5.41, 5.74) is 2.24. The van der Waals surface area contributed by atoms with Crippen LogP contribution in [0.15, 0.2) is 18.2 Å². The van der Waals surface area contributed by atoms with Crippen molar-refractivity contribution in [3.63, 3.8) is 0 Å². The molecule has 0 spiro atoms. The van der Waals surface area contributed by atoms with Crippen LogP contribution in [0.1, 0.15) is 43.4 Å². The Bertz CT molecular complexity index is 403. The lowest BCUT2D eigenvalue weighted by Crippen LogP contribution is -2.38. The Balaban J connectivity index is 2.84. The molecule has 1 aromatic carbocycles. The predicted octanol–water partition coefficient (Wildman–Crippen LogP) is 2.97. The molecule has 1 aromatic rings. The zero-order valence-corrected chi connectivity index (χ0v) is 11.2. The van der Waals surface area contributed by atoms with E-state index in [4.69, 9.17) is 0 Å². The van der Waals surface area contributed by atoms with Crippen LogP contribution >= 0.6 is 0 Å². The van der Waals surface area contributed by atoms with Crippen molar-refractivity contribution in [3.8, 4) is 0 Å². The largest absolute Gasteiger partial charge is 0.382 e. The number of hydrogen-bond donors (Lipinski definition) is 1. The van der Waals surface area contributed by atoms with Crippen molar-refractivity contribution in [2.24, 2.45) is 0 Å². The molecule has 1 N–H and O–H groups in total. The van der Waals surface area contributed by atoms with Gasteiger partial charge in [0.2, 0.25) is 0 Å². The van der Waals surface area contributed by atoms with Crippen molar-refractivity contribution in [2.75, 3.05) is 0 Å². The number of rotatable bonds is 5. The first kappa shape index (κ1) is 13.9. The van der Waals surface area contributed by atoms with Crippen molar-refractivity contribution >= 4 is 5.78 Å². The van der Waals surface area contributed by atoms with Crippen LogP contribution in [0.25, 0.3) is 0 Å². The van der Waals surface area contributed by atoms with Gasteiger partial charge in [-0.3, -0.25) is 4.79 Å². The Morgan fingerprint density at radius 2 is 1.76 bits per heavy atom. The molecular weight excluding hydrogens is 212 g/mol. The van der Waals surface area contributed by atoms with E-state index >= 15 is 0 Å². The molecule has 0 radical (unpaired) electrons. The summed E-state index contributed by atoms with van der Waals surface area (Å²) in [6.07, 6.45) is 1.28. The number of hydrogen-bond acceptors (Lipinski definition) is 2. The van der Waals surface area contributed by atoms with E-state index in [1.807, 2.05) is 39.0 Å². The molecule has 0 aliphatic rings. The van der Waals surface area contributed by atoms with Gasteiger partial charge in [0.1, 0.15) is 5.60 Å². The maximum Gasteiger partial charge on any atom is 0.168 e. The quantitative estimate of drug-likeness (QED) is 0.850. The zero-order valence-electron chi connectivity index (χ0n) is 11.2. The van der Waals surface area contributed by atoms with Gasteiger partial charge in [-0.05, 0) is 43.4 Å². The van der Waals surface area contributed by atoms with Gasteiger partial charge in [0.25, 0.3) is 0 Å². The van der Waals surface area contributed by atoms with Crippen LogP contribution in [-0.4, -0.2) is 16.5 Å². The van der Waals surface area contributed by atoms with Crippen LogP contribution in [0.4, 0.5) is 0 Å². The molecule has 17 heavy (non-hydrogen) atoms. The molecule has 0 bridgehead atoms. The summed E-state index contributed by atoms with van der Waals surface area (Å²) in [6, 6.07) is 6.01. The summed E-state index contributed by atoms with van der Waals surface area (Å²) in [5, 5.41) is 10.1. The van der Waals surface area contributed by atoms with Crippen LogP contribution in [0.2, 0.25) is 0 Å². The molecule has 0 fully saturated rings. The number of carbonyl (C=O) groups is 1. The fraction of sp³-hybridized carbons (Fsp3) is 0.533. The summed E-state index contributed by atoms with van der Waals surface area (Å²) in [7, 11) is 0. The second-order valence-electron chi connectivity index (χ2n) is 4.76. The maximum atomic E-state index is 12.0. The van der Waals surface area contributed by atoms with Gasteiger partial charge in [0, 0.05) is 6.42 Å². The van der Waals surface area contributed by atoms with E-state index in [0.717, 1.165) is 5.56 Å². The third-order valence-electron chi connectivity index (χ3n) is 3.62. The topological polar surface area (TPSA) is 37.3 Å². The summed E-state index contributed by atoms with van der Waals surface area (Å²) in [5.74, 6) is -0.0780. The SMILES string of the molecule is CCC(O)(CC)C(=O)Cc1ccc(C)c(C)c1. The van der Waals surface area contributed by atoms with Gasteiger partial charge in [-0.15, -0.1) is 0 Å². The molecule has 1 rings (SSSR count). The molecule has 0 aliphatic heterocycles. The van der Waals surface area contributed by atoms with Gasteiger partial charge in [-0.2, -0.15) is 0 Å². The summed E-state index contributed by atoms with van der Waals surface area (Å²) in [4.78, 5) is 12.0. The van der Waals surface area contributed by atoms with Gasteiger partial charge in [0.15, 0.2) is 5.78 Å². The Kier molecular flexibility index (Phi) is 4.47. The highest BCUT2D eigenvalue weighted by Gasteiger charge is 2.31. The number of aliphatic hydroxyl groups is 1. The fourth-order valence-corrected chi connectivity index (χ4v) is 1.91. The molecule has 0 unspecified atom stereocenters. The molecule has 0 aliphatic carbocycles. The Hall–Kier alpha value is -1.15. The second kappa shape index (κ2) is 5.46. The molecule has 94 valence electrons. The van der Waals surface area contributed by atoms with Crippen LogP contribution in [0.5, 0.6) is 0 Å². The van der Waals surface area contributed by atoms with E-state index in [9.17, 15) is 9.90 Å². The van der Waals surface area contributed by atoms with Crippen molar-refractivity contribution < 1.29 is 9.90 Å². The molecular formula is C15H22O2. The third-order valence-corrected chi connectivity index (χ3v) is 3.62. The number of carbonyl (C=O) groups excluding carboxylic acids is 1.